The Morgan fingerprint density at radius 1 is 0.818 bits per heavy atom. The summed E-state index contributed by atoms with van der Waals surface area (Å²) in [5.41, 5.74) is 6.11. The van der Waals surface area contributed by atoms with Crippen LogP contribution in [0.5, 0.6) is 0 Å². The zero-order valence-electron chi connectivity index (χ0n) is 18.0. The van der Waals surface area contributed by atoms with E-state index < -0.39 is 35.5 Å². The van der Waals surface area contributed by atoms with E-state index in [0.717, 1.165) is 25.0 Å². The molecule has 0 bridgehead atoms. The Morgan fingerprint density at radius 2 is 1.36 bits per heavy atom. The van der Waals surface area contributed by atoms with Crippen LogP contribution in [0.1, 0.15) is 46.4 Å². The summed E-state index contributed by atoms with van der Waals surface area (Å²) in [6.07, 6.45) is 1.72. The van der Waals surface area contributed by atoms with Crippen molar-refractivity contribution in [1.82, 2.24) is 15.1 Å². The monoisotopic (exact) mass is 456 g/mol. The number of rotatable bonds is 4. The molecule has 1 atom stereocenters. The standard InChI is InChI=1S/C24H26F2N4O3/c25-17-12-16(13-18(26)14-17)24(33)30-11-10-29(23(32)15-4-2-1-3-5-15)22(30)21(31)28-20-8-6-19(27)7-9-20/h1-5,12-14,19-20,22H,6-11,27H2,(H,28,31). The van der Waals surface area contributed by atoms with Gasteiger partial charge >= 0.3 is 0 Å². The van der Waals surface area contributed by atoms with Gasteiger partial charge in [0.25, 0.3) is 17.7 Å². The molecule has 2 aromatic rings. The Hall–Kier alpha value is -3.33. The van der Waals surface area contributed by atoms with Crippen molar-refractivity contribution in [3.05, 3.63) is 71.3 Å². The van der Waals surface area contributed by atoms with E-state index in [9.17, 15) is 23.2 Å². The second-order valence-electron chi connectivity index (χ2n) is 8.52. The summed E-state index contributed by atoms with van der Waals surface area (Å²) < 4.78 is 27.5. The minimum Gasteiger partial charge on any atom is -0.350 e. The molecule has 1 saturated heterocycles. The van der Waals surface area contributed by atoms with Crippen LogP contribution in [0.25, 0.3) is 0 Å². The predicted molar refractivity (Wildman–Crippen MR) is 117 cm³/mol. The van der Waals surface area contributed by atoms with Crippen LogP contribution in [0.3, 0.4) is 0 Å². The molecule has 4 rings (SSSR count). The van der Waals surface area contributed by atoms with E-state index in [1.54, 1.807) is 30.3 Å². The number of hydrogen-bond donors (Lipinski definition) is 2. The first-order valence-corrected chi connectivity index (χ1v) is 11.0. The van der Waals surface area contributed by atoms with Crippen LogP contribution >= 0.6 is 0 Å². The van der Waals surface area contributed by atoms with E-state index in [2.05, 4.69) is 5.32 Å². The average molecular weight is 456 g/mol. The summed E-state index contributed by atoms with van der Waals surface area (Å²) in [5.74, 6) is -3.41. The number of carbonyl (C=O) groups is 3. The van der Waals surface area contributed by atoms with E-state index >= 15 is 0 Å². The molecule has 3 amide bonds. The quantitative estimate of drug-likeness (QED) is 0.738. The Kier molecular flexibility index (Phi) is 6.69. The molecule has 7 nitrogen and oxygen atoms in total. The minimum atomic E-state index is -1.23. The van der Waals surface area contributed by atoms with Crippen molar-refractivity contribution in [3.63, 3.8) is 0 Å². The maximum atomic E-state index is 13.7. The number of benzene rings is 2. The van der Waals surface area contributed by atoms with Crippen LogP contribution < -0.4 is 11.1 Å². The highest BCUT2D eigenvalue weighted by Crippen LogP contribution is 2.23. The Bertz CT molecular complexity index is 1020. The van der Waals surface area contributed by atoms with Crippen molar-refractivity contribution in [2.75, 3.05) is 13.1 Å². The van der Waals surface area contributed by atoms with Crippen LogP contribution in [-0.4, -0.2) is 58.9 Å². The molecule has 2 aliphatic rings. The molecule has 9 heteroatoms. The number of halogens is 2. The van der Waals surface area contributed by atoms with Gasteiger partial charge in [-0.15, -0.1) is 0 Å². The van der Waals surface area contributed by atoms with Crippen molar-refractivity contribution in [2.24, 2.45) is 5.73 Å². The number of nitrogens with one attached hydrogen (secondary N) is 1. The predicted octanol–water partition coefficient (Wildman–Crippen LogP) is 2.28. The zero-order chi connectivity index (χ0) is 23.5. The average Bonchev–Trinajstić information content (AvgIpc) is 3.25. The molecule has 1 saturated carbocycles. The van der Waals surface area contributed by atoms with Crippen LogP contribution in [0.4, 0.5) is 8.78 Å². The number of nitrogens with two attached hydrogens (primary N) is 1. The lowest BCUT2D eigenvalue weighted by Gasteiger charge is -2.32. The fourth-order valence-corrected chi connectivity index (χ4v) is 4.47. The van der Waals surface area contributed by atoms with Crippen molar-refractivity contribution in [3.8, 4) is 0 Å². The van der Waals surface area contributed by atoms with E-state index in [0.29, 0.717) is 24.5 Å². The topological polar surface area (TPSA) is 95.7 Å². The van der Waals surface area contributed by atoms with Gasteiger partial charge in [-0.1, -0.05) is 18.2 Å². The van der Waals surface area contributed by atoms with Crippen LogP contribution in [-0.2, 0) is 4.79 Å². The van der Waals surface area contributed by atoms with Gasteiger partial charge in [0.05, 0.1) is 0 Å². The molecule has 1 aliphatic carbocycles. The molecule has 2 aromatic carbocycles. The normalized spacial score (nSPS) is 22.8. The van der Waals surface area contributed by atoms with Crippen LogP contribution in [0.2, 0.25) is 0 Å². The highest BCUT2D eigenvalue weighted by Gasteiger charge is 2.43. The molecule has 2 fully saturated rings. The molecule has 1 aliphatic heterocycles. The van der Waals surface area contributed by atoms with E-state index in [4.69, 9.17) is 5.73 Å². The molecule has 33 heavy (non-hydrogen) atoms. The Labute approximate surface area is 190 Å². The zero-order valence-corrected chi connectivity index (χ0v) is 18.0. The smallest absolute Gasteiger partial charge is 0.264 e. The summed E-state index contributed by atoms with van der Waals surface area (Å²) in [6, 6.07) is 11.0. The summed E-state index contributed by atoms with van der Waals surface area (Å²) >= 11 is 0. The molecular weight excluding hydrogens is 430 g/mol. The maximum Gasteiger partial charge on any atom is 0.264 e. The van der Waals surface area contributed by atoms with Gasteiger partial charge in [-0.3, -0.25) is 14.4 Å². The van der Waals surface area contributed by atoms with Crippen LogP contribution in [0, 0.1) is 11.6 Å². The fourth-order valence-electron chi connectivity index (χ4n) is 4.47. The van der Waals surface area contributed by atoms with Gasteiger partial charge < -0.3 is 20.9 Å². The molecule has 1 unspecified atom stereocenters. The second-order valence-corrected chi connectivity index (χ2v) is 8.52. The number of hydrogen-bond acceptors (Lipinski definition) is 4. The maximum absolute atomic E-state index is 13.7. The first kappa shape index (κ1) is 22.8. The van der Waals surface area contributed by atoms with Gasteiger partial charge in [0.2, 0.25) is 0 Å². The summed E-state index contributed by atoms with van der Waals surface area (Å²) in [7, 11) is 0. The van der Waals surface area contributed by atoms with Crippen LogP contribution in [0.15, 0.2) is 48.5 Å². The molecule has 1 heterocycles. The van der Waals surface area contributed by atoms with Gasteiger partial charge in [0.1, 0.15) is 11.6 Å². The first-order valence-electron chi connectivity index (χ1n) is 11.0. The molecule has 0 aromatic heterocycles. The fraction of sp³-hybridized carbons (Fsp3) is 0.375. The largest absolute Gasteiger partial charge is 0.350 e. The molecule has 0 radical (unpaired) electrons. The highest BCUT2D eigenvalue weighted by molar-refractivity contribution is 6.02. The first-order chi connectivity index (χ1) is 15.8. The third-order valence-electron chi connectivity index (χ3n) is 6.18. The molecule has 3 N–H and O–H groups in total. The third kappa shape index (κ3) is 5.03. The Morgan fingerprint density at radius 3 is 1.94 bits per heavy atom. The van der Waals surface area contributed by atoms with Gasteiger partial charge in [-0.25, -0.2) is 8.78 Å². The van der Waals surface area contributed by atoms with Crippen molar-refractivity contribution in [2.45, 2.75) is 43.9 Å². The second kappa shape index (κ2) is 9.66. The molecule has 174 valence electrons. The van der Waals surface area contributed by atoms with Gasteiger partial charge in [-0.2, -0.15) is 0 Å². The van der Waals surface area contributed by atoms with Crippen molar-refractivity contribution in [1.29, 1.82) is 0 Å². The third-order valence-corrected chi connectivity index (χ3v) is 6.18. The molecular formula is C24H26F2N4O3. The van der Waals surface area contributed by atoms with Crippen molar-refractivity contribution >= 4 is 17.7 Å². The summed E-state index contributed by atoms with van der Waals surface area (Å²) in [4.78, 5) is 42.2. The van der Waals surface area contributed by atoms with Crippen molar-refractivity contribution < 1.29 is 23.2 Å². The number of carbonyl (C=O) groups excluding carboxylic acids is 3. The van der Waals surface area contributed by atoms with E-state index in [1.807, 2.05) is 0 Å². The van der Waals surface area contributed by atoms with Gasteiger partial charge in [0, 0.05) is 42.4 Å². The number of nitrogens with zero attached hydrogens (tertiary/aromatic N) is 2. The minimum absolute atomic E-state index is 0.0587. The van der Waals surface area contributed by atoms with Gasteiger partial charge in [-0.05, 0) is 49.9 Å². The lowest BCUT2D eigenvalue weighted by atomic mass is 9.92. The lowest BCUT2D eigenvalue weighted by molar-refractivity contribution is -0.129. The highest BCUT2D eigenvalue weighted by atomic mass is 19.1. The van der Waals surface area contributed by atoms with E-state index in [1.165, 1.54) is 9.80 Å². The Balaban J connectivity index is 1.61. The van der Waals surface area contributed by atoms with E-state index in [-0.39, 0.29) is 30.7 Å². The lowest BCUT2D eigenvalue weighted by Crippen LogP contribution is -2.56. The summed E-state index contributed by atoms with van der Waals surface area (Å²) in [5, 5.41) is 2.95. The van der Waals surface area contributed by atoms with Gasteiger partial charge in [0.15, 0.2) is 6.17 Å². The molecule has 0 spiro atoms. The SMILES string of the molecule is NC1CCC(NC(=O)C2N(C(=O)c3ccccc3)CCN2C(=O)c2cc(F)cc(F)c2)CC1. The number of amides is 3. The summed E-state index contributed by atoms with van der Waals surface area (Å²) in [6.45, 7) is 0.175.